The summed E-state index contributed by atoms with van der Waals surface area (Å²) in [5, 5.41) is 0.841. The van der Waals surface area contributed by atoms with Gasteiger partial charge in [0.1, 0.15) is 0 Å². The maximum absolute atomic E-state index is 5.60. The number of halogens is 1. The number of hydrogen-bond acceptors (Lipinski definition) is 11. The molecule has 0 aromatic carbocycles. The van der Waals surface area contributed by atoms with E-state index in [1.54, 1.807) is 0 Å². The number of hydrogen-bond donors (Lipinski definition) is 0. The molecule has 1 aliphatic rings. The maximum Gasteiger partial charge on any atom is 0.157 e. The van der Waals surface area contributed by atoms with E-state index in [0.29, 0.717) is 126 Å². The van der Waals surface area contributed by atoms with Crippen LogP contribution in [0.15, 0.2) is 0 Å². The normalized spacial score (nSPS) is 16.0. The van der Waals surface area contributed by atoms with E-state index in [1.165, 1.54) is 6.42 Å². The van der Waals surface area contributed by atoms with Crippen LogP contribution in [-0.2, 0) is 52.1 Å². The van der Waals surface area contributed by atoms with Crippen molar-refractivity contribution in [3.8, 4) is 0 Å². The first-order chi connectivity index (χ1) is 18.4. The number of rotatable bonds is 30. The van der Waals surface area contributed by atoms with Crippen LogP contribution in [0.1, 0.15) is 19.3 Å². The van der Waals surface area contributed by atoms with Crippen LogP contribution in [0.4, 0.5) is 0 Å². The highest BCUT2D eigenvalue weighted by atomic mass is 79.9. The number of ether oxygens (including phenoxy) is 11. The summed E-state index contributed by atoms with van der Waals surface area (Å²) in [6.45, 7) is 11.3. The van der Waals surface area contributed by atoms with Crippen molar-refractivity contribution >= 4 is 15.9 Å². The summed E-state index contributed by atoms with van der Waals surface area (Å²) in [5.74, 6) is 0. The molecule has 1 atom stereocenters. The first-order valence-electron chi connectivity index (χ1n) is 13.4. The molecule has 11 nitrogen and oxygen atoms in total. The molecule has 0 radical (unpaired) electrons. The minimum Gasteiger partial charge on any atom is -0.378 e. The first-order valence-corrected chi connectivity index (χ1v) is 14.5. The van der Waals surface area contributed by atoms with Crippen molar-refractivity contribution in [2.24, 2.45) is 0 Å². The van der Waals surface area contributed by atoms with Crippen LogP contribution in [0.25, 0.3) is 0 Å². The van der Waals surface area contributed by atoms with E-state index in [1.807, 2.05) is 0 Å². The zero-order chi connectivity index (χ0) is 26.3. The van der Waals surface area contributed by atoms with Gasteiger partial charge < -0.3 is 52.1 Å². The van der Waals surface area contributed by atoms with Crippen molar-refractivity contribution in [2.75, 3.05) is 137 Å². The Balaban J connectivity index is 1.61. The van der Waals surface area contributed by atoms with Crippen molar-refractivity contribution in [3.05, 3.63) is 0 Å². The third kappa shape index (κ3) is 27.4. The van der Waals surface area contributed by atoms with Crippen molar-refractivity contribution < 1.29 is 52.1 Å². The van der Waals surface area contributed by atoms with Gasteiger partial charge in [0.2, 0.25) is 0 Å². The standard InChI is InChI=1S/C25H49BrO11/c26-4-6-27-7-8-28-9-10-29-11-12-30-13-14-31-15-16-32-17-18-33-19-20-34-21-22-35-23-24-37-25-3-1-2-5-36-25/h25H,1-24H2. The summed E-state index contributed by atoms with van der Waals surface area (Å²) < 4.78 is 60.0. The van der Waals surface area contributed by atoms with E-state index in [0.717, 1.165) is 24.8 Å². The molecule has 1 heterocycles. The highest BCUT2D eigenvalue weighted by Gasteiger charge is 2.13. The maximum atomic E-state index is 5.60. The minimum atomic E-state index is -0.0601. The molecule has 0 N–H and O–H groups in total. The monoisotopic (exact) mass is 604 g/mol. The summed E-state index contributed by atoms with van der Waals surface area (Å²) in [7, 11) is 0. The fraction of sp³-hybridized carbons (Fsp3) is 1.00. The molecule has 1 fully saturated rings. The van der Waals surface area contributed by atoms with Gasteiger partial charge in [-0.05, 0) is 19.3 Å². The third-order valence-corrected chi connectivity index (χ3v) is 5.19. The Morgan fingerprint density at radius 1 is 0.432 bits per heavy atom. The Bertz CT molecular complexity index is 431. The summed E-state index contributed by atoms with van der Waals surface area (Å²) >= 11 is 3.30. The van der Waals surface area contributed by atoms with Gasteiger partial charge in [0.05, 0.1) is 126 Å². The lowest BCUT2D eigenvalue weighted by Crippen LogP contribution is -2.24. The molecule has 1 unspecified atom stereocenters. The molecule has 0 aromatic heterocycles. The summed E-state index contributed by atoms with van der Waals surface area (Å²) in [4.78, 5) is 0. The molecule has 0 bridgehead atoms. The lowest BCUT2D eigenvalue weighted by Gasteiger charge is -2.22. The molecule has 0 aromatic rings. The molecule has 0 spiro atoms. The fourth-order valence-electron chi connectivity index (χ4n) is 3.00. The number of alkyl halides is 1. The van der Waals surface area contributed by atoms with E-state index >= 15 is 0 Å². The Labute approximate surface area is 231 Å². The van der Waals surface area contributed by atoms with Crippen LogP contribution in [0.3, 0.4) is 0 Å². The van der Waals surface area contributed by atoms with Crippen LogP contribution < -0.4 is 0 Å². The Hall–Kier alpha value is 0.0400. The summed E-state index contributed by atoms with van der Waals surface area (Å²) in [5.41, 5.74) is 0. The zero-order valence-electron chi connectivity index (χ0n) is 22.4. The third-order valence-electron chi connectivity index (χ3n) is 4.87. The molecule has 37 heavy (non-hydrogen) atoms. The average molecular weight is 606 g/mol. The molecule has 1 aliphatic heterocycles. The molecule has 222 valence electrons. The predicted octanol–water partition coefficient (Wildman–Crippen LogP) is 2.07. The molecule has 12 heteroatoms. The van der Waals surface area contributed by atoms with Crippen LogP contribution in [0.5, 0.6) is 0 Å². The Kier molecular flexibility index (Phi) is 29.0. The predicted molar refractivity (Wildman–Crippen MR) is 141 cm³/mol. The molecular weight excluding hydrogens is 556 g/mol. The van der Waals surface area contributed by atoms with Gasteiger partial charge in [-0.3, -0.25) is 0 Å². The fourth-order valence-corrected chi connectivity index (χ4v) is 3.23. The van der Waals surface area contributed by atoms with Gasteiger partial charge >= 0.3 is 0 Å². The molecule has 1 saturated heterocycles. The SMILES string of the molecule is BrCCOCCOCCOCCOCCOCCOCCOCCOCCOCCOC1CCCCO1. The van der Waals surface area contributed by atoms with E-state index in [9.17, 15) is 0 Å². The van der Waals surface area contributed by atoms with Crippen LogP contribution in [0.2, 0.25) is 0 Å². The van der Waals surface area contributed by atoms with Gasteiger partial charge in [-0.25, -0.2) is 0 Å². The molecule has 1 rings (SSSR count). The lowest BCUT2D eigenvalue weighted by molar-refractivity contribution is -0.169. The van der Waals surface area contributed by atoms with Gasteiger partial charge in [0, 0.05) is 11.9 Å². The van der Waals surface area contributed by atoms with Gasteiger partial charge in [-0.15, -0.1) is 0 Å². The van der Waals surface area contributed by atoms with Crippen molar-refractivity contribution in [3.63, 3.8) is 0 Å². The smallest absolute Gasteiger partial charge is 0.157 e. The van der Waals surface area contributed by atoms with Crippen molar-refractivity contribution in [2.45, 2.75) is 25.6 Å². The molecule has 0 saturated carbocycles. The van der Waals surface area contributed by atoms with E-state index in [-0.39, 0.29) is 6.29 Å². The molecule has 0 amide bonds. The van der Waals surface area contributed by atoms with Crippen molar-refractivity contribution in [1.29, 1.82) is 0 Å². The zero-order valence-corrected chi connectivity index (χ0v) is 24.0. The Morgan fingerprint density at radius 2 is 0.757 bits per heavy atom. The van der Waals surface area contributed by atoms with Gasteiger partial charge in [-0.1, -0.05) is 15.9 Å². The molecular formula is C25H49BrO11. The summed E-state index contributed by atoms with van der Waals surface area (Å²) in [6.07, 6.45) is 3.21. The van der Waals surface area contributed by atoms with E-state index in [4.69, 9.17) is 52.1 Å². The van der Waals surface area contributed by atoms with Gasteiger partial charge in [-0.2, -0.15) is 0 Å². The van der Waals surface area contributed by atoms with E-state index < -0.39 is 0 Å². The Morgan fingerprint density at radius 3 is 1.05 bits per heavy atom. The van der Waals surface area contributed by atoms with Crippen LogP contribution in [0, 0.1) is 0 Å². The van der Waals surface area contributed by atoms with Gasteiger partial charge in [0.25, 0.3) is 0 Å². The highest BCUT2D eigenvalue weighted by Crippen LogP contribution is 2.13. The van der Waals surface area contributed by atoms with Crippen LogP contribution >= 0.6 is 15.9 Å². The second kappa shape index (κ2) is 30.6. The summed E-state index contributed by atoms with van der Waals surface area (Å²) in [6, 6.07) is 0. The quantitative estimate of drug-likeness (QED) is 0.0889. The average Bonchev–Trinajstić information content (AvgIpc) is 2.93. The topological polar surface area (TPSA) is 102 Å². The second-order valence-electron chi connectivity index (χ2n) is 7.87. The van der Waals surface area contributed by atoms with Crippen LogP contribution in [-0.4, -0.2) is 144 Å². The lowest BCUT2D eigenvalue weighted by atomic mass is 10.2. The van der Waals surface area contributed by atoms with Gasteiger partial charge in [0.15, 0.2) is 6.29 Å². The largest absolute Gasteiger partial charge is 0.378 e. The minimum absolute atomic E-state index is 0.0601. The second-order valence-corrected chi connectivity index (χ2v) is 8.66. The van der Waals surface area contributed by atoms with Crippen molar-refractivity contribution in [1.82, 2.24) is 0 Å². The highest BCUT2D eigenvalue weighted by molar-refractivity contribution is 9.09. The first kappa shape index (κ1) is 35.1. The van der Waals surface area contributed by atoms with E-state index in [2.05, 4.69) is 15.9 Å². The molecule has 0 aliphatic carbocycles.